The van der Waals surface area contributed by atoms with Crippen molar-refractivity contribution in [2.45, 2.75) is 45.1 Å². The molecule has 1 amide bonds. The lowest BCUT2D eigenvalue weighted by molar-refractivity contribution is -0.139. The molecule has 2 aliphatic rings. The number of aromatic nitrogens is 2. The first-order valence-electron chi connectivity index (χ1n) is 13.8. The minimum absolute atomic E-state index is 0.0473. The Hall–Kier alpha value is -4.85. The van der Waals surface area contributed by atoms with Gasteiger partial charge in [0.25, 0.3) is 11.7 Å². The van der Waals surface area contributed by atoms with Gasteiger partial charge in [0.05, 0.1) is 17.9 Å². The zero-order chi connectivity index (χ0) is 28.3. The van der Waals surface area contributed by atoms with E-state index in [0.717, 1.165) is 22.4 Å². The maximum absolute atomic E-state index is 13.4. The standard InChI is InChI=1S/C33H31N3O5/c1-22-18-26-19-25(10-13-28(26)41-22)31(37)29-30(36(33(39)32(29)38)16-5-15-35-17-14-34-21-35)24-8-11-27(12-9-24)40-20-23-6-3-2-4-7-23/h2-4,6-14,17,19,21-22,30,37H,5,15-16,18,20H2,1H3/b31-29+/t22-,30-/m0/s1. The van der Waals surface area contributed by atoms with E-state index < -0.39 is 17.7 Å². The topological polar surface area (TPSA) is 93.9 Å². The van der Waals surface area contributed by atoms with Gasteiger partial charge in [0, 0.05) is 37.5 Å². The molecule has 0 bridgehead atoms. The van der Waals surface area contributed by atoms with Gasteiger partial charge >= 0.3 is 0 Å². The first kappa shape index (κ1) is 26.4. The van der Waals surface area contributed by atoms with Gasteiger partial charge in [0.1, 0.15) is 30.0 Å². The van der Waals surface area contributed by atoms with Crippen LogP contribution in [0.3, 0.4) is 0 Å². The van der Waals surface area contributed by atoms with Gasteiger partial charge in [-0.2, -0.15) is 0 Å². The average Bonchev–Trinajstić information content (AvgIpc) is 3.71. The van der Waals surface area contributed by atoms with Crippen LogP contribution in [0, 0.1) is 0 Å². The number of rotatable bonds is 9. The number of ketones is 1. The molecule has 1 aromatic heterocycles. The van der Waals surface area contributed by atoms with E-state index in [0.29, 0.717) is 43.9 Å². The van der Waals surface area contributed by atoms with E-state index in [9.17, 15) is 14.7 Å². The molecule has 0 saturated carbocycles. The van der Waals surface area contributed by atoms with Gasteiger partial charge in [0.2, 0.25) is 0 Å². The number of aryl methyl sites for hydroxylation is 1. The van der Waals surface area contributed by atoms with E-state index in [1.54, 1.807) is 23.5 Å². The molecule has 8 heteroatoms. The third-order valence-corrected chi connectivity index (χ3v) is 7.53. The maximum atomic E-state index is 13.4. The van der Waals surface area contributed by atoms with Crippen molar-refractivity contribution in [3.63, 3.8) is 0 Å². The second kappa shape index (κ2) is 11.3. The summed E-state index contributed by atoms with van der Waals surface area (Å²) in [5, 5.41) is 11.5. The Balaban J connectivity index is 1.31. The number of nitrogens with zero attached hydrogens (tertiary/aromatic N) is 3. The number of ether oxygens (including phenoxy) is 2. The van der Waals surface area contributed by atoms with Crippen molar-refractivity contribution >= 4 is 17.4 Å². The normalized spacial score (nSPS) is 19.3. The molecule has 0 radical (unpaired) electrons. The first-order valence-corrected chi connectivity index (χ1v) is 13.8. The maximum Gasteiger partial charge on any atom is 0.295 e. The summed E-state index contributed by atoms with van der Waals surface area (Å²) in [7, 11) is 0. The molecule has 0 spiro atoms. The minimum atomic E-state index is -0.732. The predicted molar refractivity (Wildman–Crippen MR) is 153 cm³/mol. The molecule has 8 nitrogen and oxygen atoms in total. The van der Waals surface area contributed by atoms with E-state index in [2.05, 4.69) is 4.98 Å². The van der Waals surface area contributed by atoms with Crippen molar-refractivity contribution in [1.82, 2.24) is 14.5 Å². The number of carbonyl (C=O) groups is 2. The molecule has 1 fully saturated rings. The largest absolute Gasteiger partial charge is 0.507 e. The minimum Gasteiger partial charge on any atom is -0.507 e. The molecule has 208 valence electrons. The summed E-state index contributed by atoms with van der Waals surface area (Å²) in [4.78, 5) is 32.4. The van der Waals surface area contributed by atoms with E-state index in [4.69, 9.17) is 9.47 Å². The van der Waals surface area contributed by atoms with Crippen LogP contribution >= 0.6 is 0 Å². The number of hydrogen-bond acceptors (Lipinski definition) is 6. The van der Waals surface area contributed by atoms with Gasteiger partial charge in [-0.15, -0.1) is 0 Å². The second-order valence-corrected chi connectivity index (χ2v) is 10.4. The Morgan fingerprint density at radius 2 is 1.85 bits per heavy atom. The van der Waals surface area contributed by atoms with Crippen molar-refractivity contribution in [1.29, 1.82) is 0 Å². The van der Waals surface area contributed by atoms with Crippen molar-refractivity contribution in [3.05, 3.63) is 119 Å². The summed E-state index contributed by atoms with van der Waals surface area (Å²) in [5.74, 6) is -0.0504. The van der Waals surface area contributed by atoms with Gasteiger partial charge in [-0.25, -0.2) is 4.98 Å². The highest BCUT2D eigenvalue weighted by atomic mass is 16.5. The monoisotopic (exact) mass is 549 g/mol. The highest BCUT2D eigenvalue weighted by molar-refractivity contribution is 6.46. The van der Waals surface area contributed by atoms with Gasteiger partial charge in [-0.05, 0) is 60.4 Å². The summed E-state index contributed by atoms with van der Waals surface area (Å²) in [6.07, 6.45) is 6.66. The Morgan fingerprint density at radius 1 is 1.05 bits per heavy atom. The molecule has 2 aliphatic heterocycles. The van der Waals surface area contributed by atoms with Crippen molar-refractivity contribution in [3.8, 4) is 11.5 Å². The van der Waals surface area contributed by atoms with Crippen molar-refractivity contribution in [2.24, 2.45) is 0 Å². The van der Waals surface area contributed by atoms with E-state index >= 15 is 0 Å². The van der Waals surface area contributed by atoms with Crippen LogP contribution in [0.15, 0.2) is 97.1 Å². The fourth-order valence-electron chi connectivity index (χ4n) is 5.51. The van der Waals surface area contributed by atoms with Crippen LogP contribution in [0.2, 0.25) is 0 Å². The van der Waals surface area contributed by atoms with Crippen molar-refractivity contribution in [2.75, 3.05) is 6.54 Å². The number of benzene rings is 3. The fourth-order valence-corrected chi connectivity index (χ4v) is 5.51. The zero-order valence-electron chi connectivity index (χ0n) is 22.8. The average molecular weight is 550 g/mol. The number of Topliss-reactive ketones (excluding diaryl/α,β-unsaturated/α-hetero) is 1. The quantitative estimate of drug-likeness (QED) is 0.173. The van der Waals surface area contributed by atoms with Gasteiger partial charge in [0.15, 0.2) is 0 Å². The summed E-state index contributed by atoms with van der Waals surface area (Å²) >= 11 is 0. The Bertz CT molecular complexity index is 1580. The number of hydrogen-bond donors (Lipinski definition) is 1. The fraction of sp³-hybridized carbons (Fsp3) is 0.242. The number of aliphatic hydroxyl groups is 1. The number of fused-ring (bicyclic) bond motifs is 1. The molecule has 3 aromatic carbocycles. The second-order valence-electron chi connectivity index (χ2n) is 10.4. The number of carbonyl (C=O) groups excluding carboxylic acids is 2. The van der Waals surface area contributed by atoms with Crippen LogP contribution in [0.1, 0.15) is 41.6 Å². The molecule has 2 atom stereocenters. The third-order valence-electron chi connectivity index (χ3n) is 7.53. The highest BCUT2D eigenvalue weighted by Gasteiger charge is 2.45. The van der Waals surface area contributed by atoms with Gasteiger partial charge < -0.3 is 24.0 Å². The van der Waals surface area contributed by atoms with Crippen LogP contribution in [-0.2, 0) is 29.2 Å². The summed E-state index contributed by atoms with van der Waals surface area (Å²) in [6, 6.07) is 21.9. The number of amides is 1. The van der Waals surface area contributed by atoms with Crippen LogP contribution in [0.5, 0.6) is 11.5 Å². The molecule has 1 N–H and O–H groups in total. The van der Waals surface area contributed by atoms with Crippen molar-refractivity contribution < 1.29 is 24.2 Å². The van der Waals surface area contributed by atoms with Crippen LogP contribution < -0.4 is 9.47 Å². The highest BCUT2D eigenvalue weighted by Crippen LogP contribution is 2.41. The van der Waals surface area contributed by atoms with Gasteiger partial charge in [-0.1, -0.05) is 42.5 Å². The smallest absolute Gasteiger partial charge is 0.295 e. The molecule has 1 saturated heterocycles. The summed E-state index contributed by atoms with van der Waals surface area (Å²) in [6.45, 7) is 3.40. The Morgan fingerprint density at radius 3 is 2.61 bits per heavy atom. The Kier molecular flexibility index (Phi) is 7.29. The number of likely N-dealkylation sites (tertiary alicyclic amines) is 1. The molecule has 6 rings (SSSR count). The zero-order valence-corrected chi connectivity index (χ0v) is 22.8. The van der Waals surface area contributed by atoms with Gasteiger partial charge in [-0.3, -0.25) is 9.59 Å². The molecular weight excluding hydrogens is 518 g/mol. The SMILES string of the molecule is C[C@H]1Cc2cc(/C(O)=C3\C(=O)C(=O)N(CCCn4ccnc4)[C@H]3c3ccc(OCc4ccccc4)cc3)ccc2O1. The van der Waals surface area contributed by atoms with Crippen LogP contribution in [0.4, 0.5) is 0 Å². The molecule has 4 aromatic rings. The lowest BCUT2D eigenvalue weighted by Crippen LogP contribution is -2.31. The molecule has 3 heterocycles. The summed E-state index contributed by atoms with van der Waals surface area (Å²) in [5.41, 5.74) is 3.32. The third kappa shape index (κ3) is 5.45. The lowest BCUT2D eigenvalue weighted by Gasteiger charge is -2.25. The Labute approximate surface area is 238 Å². The van der Waals surface area contributed by atoms with E-state index in [-0.39, 0.29) is 17.4 Å². The van der Waals surface area contributed by atoms with E-state index in [1.165, 1.54) is 0 Å². The number of imidazole rings is 1. The van der Waals surface area contributed by atoms with E-state index in [1.807, 2.05) is 84.4 Å². The molecular formula is C33H31N3O5. The number of aliphatic hydroxyl groups excluding tert-OH is 1. The molecule has 0 aliphatic carbocycles. The molecule has 0 unspecified atom stereocenters. The lowest BCUT2D eigenvalue weighted by atomic mass is 9.94. The first-order chi connectivity index (χ1) is 20.0. The van der Waals surface area contributed by atoms with Crippen LogP contribution in [0.25, 0.3) is 5.76 Å². The summed E-state index contributed by atoms with van der Waals surface area (Å²) < 4.78 is 13.7. The molecule has 41 heavy (non-hydrogen) atoms. The van der Waals surface area contributed by atoms with Crippen LogP contribution in [-0.4, -0.2) is 43.9 Å². The predicted octanol–water partition coefficient (Wildman–Crippen LogP) is 5.30.